The normalized spacial score (nSPS) is 10.4. The lowest BCUT2D eigenvalue weighted by Gasteiger charge is -1.79. The Balaban J connectivity index is 2.88. The van der Waals surface area contributed by atoms with Crippen molar-refractivity contribution in [1.82, 2.24) is 15.0 Å². The number of nitrogens with zero attached hydrogens (tertiary/aromatic N) is 3. The highest BCUT2D eigenvalue weighted by Crippen LogP contribution is 2.17. The first-order valence-electron chi connectivity index (χ1n) is 2.69. The van der Waals surface area contributed by atoms with Gasteiger partial charge < -0.3 is 5.73 Å². The van der Waals surface area contributed by atoms with E-state index >= 15 is 0 Å². The Morgan fingerprint density at radius 3 is 2.90 bits per heavy atom. The summed E-state index contributed by atoms with van der Waals surface area (Å²) < 4.78 is 0. The van der Waals surface area contributed by atoms with Gasteiger partial charge >= 0.3 is 0 Å². The maximum Gasteiger partial charge on any atom is 0.191 e. The van der Waals surface area contributed by atoms with E-state index in [0.29, 0.717) is 10.8 Å². The zero-order chi connectivity index (χ0) is 6.97. The number of anilines is 1. The molecule has 2 rings (SSSR count). The molecule has 0 saturated carbocycles. The first kappa shape index (κ1) is 5.55. The van der Waals surface area contributed by atoms with Crippen LogP contribution in [0.3, 0.4) is 0 Å². The lowest BCUT2D eigenvalue weighted by molar-refractivity contribution is 1.27. The van der Waals surface area contributed by atoms with Gasteiger partial charge in [0.25, 0.3) is 0 Å². The molecular weight excluding hydrogens is 148 g/mol. The highest BCUT2D eigenvalue weighted by molar-refractivity contribution is 7.21. The van der Waals surface area contributed by atoms with Crippen LogP contribution in [-0.4, -0.2) is 15.0 Å². The summed E-state index contributed by atoms with van der Waals surface area (Å²) in [5.41, 5.74) is 6.05. The van der Waals surface area contributed by atoms with Crippen LogP contribution in [0, 0.1) is 0 Å². The van der Waals surface area contributed by atoms with Gasteiger partial charge in [-0.3, -0.25) is 0 Å². The predicted octanol–water partition coefficient (Wildman–Crippen LogP) is 0.668. The lowest BCUT2D eigenvalue weighted by atomic mass is 10.7. The molecule has 2 aromatic rings. The van der Waals surface area contributed by atoms with Crippen molar-refractivity contribution in [2.24, 2.45) is 0 Å². The van der Waals surface area contributed by atoms with Gasteiger partial charge in [-0.15, -0.1) is 0 Å². The molecule has 4 nitrogen and oxygen atoms in total. The largest absolute Gasteiger partial charge is 0.375 e. The fraction of sp³-hybridized carbons (Fsp3) is 0. The average Bonchev–Trinajstić information content (AvgIpc) is 2.27. The summed E-state index contributed by atoms with van der Waals surface area (Å²) in [6, 6.07) is 0. The molecule has 0 aromatic carbocycles. The van der Waals surface area contributed by atoms with Crippen molar-refractivity contribution in [2.45, 2.75) is 0 Å². The molecule has 0 radical (unpaired) electrons. The van der Waals surface area contributed by atoms with E-state index in [1.54, 1.807) is 12.4 Å². The smallest absolute Gasteiger partial charge is 0.191 e. The monoisotopic (exact) mass is 152 g/mol. The molecule has 2 N–H and O–H groups in total. The van der Waals surface area contributed by atoms with Crippen LogP contribution in [0.1, 0.15) is 0 Å². The maximum atomic E-state index is 5.42. The van der Waals surface area contributed by atoms with Gasteiger partial charge in [-0.05, 0) is 0 Å². The molecule has 2 heterocycles. The highest BCUT2D eigenvalue weighted by atomic mass is 32.1. The molecular formula is C5H4N4S. The van der Waals surface area contributed by atoms with E-state index in [4.69, 9.17) is 5.73 Å². The molecule has 0 spiro atoms. The molecule has 0 aliphatic rings. The van der Waals surface area contributed by atoms with Crippen molar-refractivity contribution in [3.63, 3.8) is 0 Å². The van der Waals surface area contributed by atoms with Crippen LogP contribution in [0.2, 0.25) is 0 Å². The summed E-state index contributed by atoms with van der Waals surface area (Å²) >= 11 is 1.35. The summed E-state index contributed by atoms with van der Waals surface area (Å²) in [5.74, 6) is 0. The van der Waals surface area contributed by atoms with Crippen LogP contribution in [0.4, 0.5) is 5.13 Å². The standard InChI is InChI=1S/C5H4N4S/c6-5-9-3-4(10-5)8-2-1-7-3/h1-2H,(H2,6,7,9). The third kappa shape index (κ3) is 0.714. The van der Waals surface area contributed by atoms with Crippen molar-refractivity contribution in [1.29, 1.82) is 0 Å². The molecule has 0 unspecified atom stereocenters. The third-order valence-electron chi connectivity index (χ3n) is 1.06. The summed E-state index contributed by atoms with van der Waals surface area (Å²) in [7, 11) is 0. The first-order valence-corrected chi connectivity index (χ1v) is 3.51. The van der Waals surface area contributed by atoms with Gasteiger partial charge in [0.2, 0.25) is 0 Å². The molecule has 0 amide bonds. The lowest BCUT2D eigenvalue weighted by Crippen LogP contribution is -1.80. The minimum absolute atomic E-state index is 0.515. The Hall–Kier alpha value is -1.23. The van der Waals surface area contributed by atoms with Crippen molar-refractivity contribution < 1.29 is 0 Å². The van der Waals surface area contributed by atoms with Crippen LogP contribution in [0.15, 0.2) is 12.4 Å². The number of rotatable bonds is 0. The molecule has 5 heteroatoms. The number of fused-ring (bicyclic) bond motifs is 1. The number of thiazole rings is 1. The van der Waals surface area contributed by atoms with Crippen molar-refractivity contribution in [2.75, 3.05) is 5.73 Å². The number of hydrogen-bond donors (Lipinski definition) is 1. The van der Waals surface area contributed by atoms with Crippen LogP contribution >= 0.6 is 11.3 Å². The SMILES string of the molecule is Nc1nc2nccnc2s1. The Morgan fingerprint density at radius 2 is 2.10 bits per heavy atom. The van der Waals surface area contributed by atoms with E-state index in [1.165, 1.54) is 11.3 Å². The minimum Gasteiger partial charge on any atom is -0.375 e. The fourth-order valence-electron chi connectivity index (χ4n) is 0.693. The van der Waals surface area contributed by atoms with Gasteiger partial charge in [-0.1, -0.05) is 11.3 Å². The molecule has 0 saturated heterocycles. The predicted molar refractivity (Wildman–Crippen MR) is 39.6 cm³/mol. The van der Waals surface area contributed by atoms with Gasteiger partial charge in [0.15, 0.2) is 15.6 Å². The molecule has 0 fully saturated rings. The molecule has 2 aromatic heterocycles. The van der Waals surface area contributed by atoms with Gasteiger partial charge in [0.1, 0.15) is 0 Å². The van der Waals surface area contributed by atoms with Gasteiger partial charge in [-0.2, -0.15) is 4.98 Å². The molecule has 0 aliphatic heterocycles. The molecule has 10 heavy (non-hydrogen) atoms. The van der Waals surface area contributed by atoms with E-state index in [9.17, 15) is 0 Å². The summed E-state index contributed by atoms with van der Waals surface area (Å²) in [5, 5.41) is 0.515. The topological polar surface area (TPSA) is 64.7 Å². The van der Waals surface area contributed by atoms with Crippen molar-refractivity contribution in [3.8, 4) is 0 Å². The average molecular weight is 152 g/mol. The van der Waals surface area contributed by atoms with Crippen LogP contribution < -0.4 is 5.73 Å². The molecule has 0 bridgehead atoms. The van der Waals surface area contributed by atoms with E-state index in [2.05, 4.69) is 15.0 Å². The second kappa shape index (κ2) is 1.88. The number of hydrogen-bond acceptors (Lipinski definition) is 5. The van der Waals surface area contributed by atoms with Crippen molar-refractivity contribution in [3.05, 3.63) is 12.4 Å². The van der Waals surface area contributed by atoms with E-state index in [1.807, 2.05) is 0 Å². The summed E-state index contributed by atoms with van der Waals surface area (Å²) in [6.45, 7) is 0. The van der Waals surface area contributed by atoms with Crippen LogP contribution in [0.25, 0.3) is 10.5 Å². The van der Waals surface area contributed by atoms with Gasteiger partial charge in [-0.25, -0.2) is 9.97 Å². The maximum absolute atomic E-state index is 5.42. The highest BCUT2D eigenvalue weighted by Gasteiger charge is 1.99. The van der Waals surface area contributed by atoms with E-state index < -0.39 is 0 Å². The second-order valence-electron chi connectivity index (χ2n) is 1.74. The zero-order valence-corrected chi connectivity index (χ0v) is 5.80. The molecule has 0 aliphatic carbocycles. The first-order chi connectivity index (χ1) is 4.86. The number of aromatic nitrogens is 3. The zero-order valence-electron chi connectivity index (χ0n) is 4.98. The Labute approximate surface area is 60.8 Å². The molecule has 50 valence electrons. The second-order valence-corrected chi connectivity index (χ2v) is 2.75. The van der Waals surface area contributed by atoms with Gasteiger partial charge in [0.05, 0.1) is 0 Å². The molecule has 0 atom stereocenters. The number of nitrogen functional groups attached to an aromatic ring is 1. The fourth-order valence-corrected chi connectivity index (χ4v) is 1.33. The van der Waals surface area contributed by atoms with Crippen LogP contribution in [-0.2, 0) is 0 Å². The third-order valence-corrected chi connectivity index (χ3v) is 1.85. The Morgan fingerprint density at radius 1 is 1.30 bits per heavy atom. The van der Waals surface area contributed by atoms with E-state index in [-0.39, 0.29) is 0 Å². The van der Waals surface area contributed by atoms with Gasteiger partial charge in [0, 0.05) is 12.4 Å². The Kier molecular flexibility index (Phi) is 1.04. The summed E-state index contributed by atoms with van der Waals surface area (Å²) in [6.07, 6.45) is 3.22. The van der Waals surface area contributed by atoms with E-state index in [0.717, 1.165) is 4.83 Å². The minimum atomic E-state index is 0.515. The quantitative estimate of drug-likeness (QED) is 0.602. The Bertz CT molecular complexity index is 322. The number of nitrogens with two attached hydrogens (primary N) is 1. The van der Waals surface area contributed by atoms with Crippen molar-refractivity contribution >= 4 is 26.9 Å². The van der Waals surface area contributed by atoms with Crippen LogP contribution in [0.5, 0.6) is 0 Å². The summed E-state index contributed by atoms with van der Waals surface area (Å²) in [4.78, 5) is 12.7.